The number of ether oxygens (including phenoxy) is 2. The van der Waals surface area contributed by atoms with Gasteiger partial charge in [-0.2, -0.15) is 0 Å². The van der Waals surface area contributed by atoms with Crippen LogP contribution in [0.3, 0.4) is 0 Å². The summed E-state index contributed by atoms with van der Waals surface area (Å²) in [6.45, 7) is 3.26. The number of piperidine rings is 1. The summed E-state index contributed by atoms with van der Waals surface area (Å²) in [5.74, 6) is 2.33. The van der Waals surface area contributed by atoms with E-state index in [0.29, 0.717) is 11.9 Å². The SMILES string of the molecule is COc1cccc2c1C/C(=C/CCN1CCC(Nc3ccc(Cl)cc3)CC1)c1cccnc1O2. The molecule has 2 aliphatic heterocycles. The van der Waals surface area contributed by atoms with Crippen molar-refractivity contribution in [2.24, 2.45) is 0 Å². The molecule has 0 unspecified atom stereocenters. The Balaban J connectivity index is 1.22. The lowest BCUT2D eigenvalue weighted by atomic mass is 9.97. The fourth-order valence-electron chi connectivity index (χ4n) is 4.80. The molecule has 5 rings (SSSR count). The molecule has 0 radical (unpaired) electrons. The number of nitrogens with zero attached hydrogens (tertiary/aromatic N) is 2. The molecule has 3 heterocycles. The first-order chi connectivity index (χ1) is 16.7. The maximum absolute atomic E-state index is 6.18. The Labute approximate surface area is 206 Å². The predicted octanol–water partition coefficient (Wildman–Crippen LogP) is 6.44. The van der Waals surface area contributed by atoms with Crippen LogP contribution in [0.1, 0.15) is 30.4 Å². The first-order valence-corrected chi connectivity index (χ1v) is 12.3. The number of anilines is 1. The van der Waals surface area contributed by atoms with Crippen molar-refractivity contribution in [1.82, 2.24) is 9.88 Å². The maximum atomic E-state index is 6.18. The van der Waals surface area contributed by atoms with Gasteiger partial charge in [0, 0.05) is 60.1 Å². The second-order valence-corrected chi connectivity index (χ2v) is 9.29. The summed E-state index contributed by atoms with van der Waals surface area (Å²) in [6.07, 6.45) is 8.18. The van der Waals surface area contributed by atoms with Gasteiger partial charge >= 0.3 is 0 Å². The monoisotopic (exact) mass is 475 g/mol. The third-order valence-corrected chi connectivity index (χ3v) is 6.89. The lowest BCUT2D eigenvalue weighted by molar-refractivity contribution is 0.223. The Morgan fingerprint density at radius 2 is 1.94 bits per heavy atom. The van der Waals surface area contributed by atoms with Crippen LogP contribution in [0.4, 0.5) is 5.69 Å². The Kier molecular flexibility index (Phi) is 7.02. The molecule has 6 heteroatoms. The summed E-state index contributed by atoms with van der Waals surface area (Å²) in [5.41, 5.74) is 4.52. The van der Waals surface area contributed by atoms with Crippen molar-refractivity contribution >= 4 is 22.9 Å². The minimum atomic E-state index is 0.511. The lowest BCUT2D eigenvalue weighted by Gasteiger charge is -2.32. The van der Waals surface area contributed by atoms with Crippen LogP contribution < -0.4 is 14.8 Å². The van der Waals surface area contributed by atoms with Crippen LogP contribution in [0.5, 0.6) is 17.4 Å². The van der Waals surface area contributed by atoms with Crippen LogP contribution in [0.25, 0.3) is 5.57 Å². The van der Waals surface area contributed by atoms with E-state index in [0.717, 1.165) is 78.7 Å². The average Bonchev–Trinajstić information content (AvgIpc) is 3.03. The van der Waals surface area contributed by atoms with Crippen LogP contribution >= 0.6 is 11.6 Å². The van der Waals surface area contributed by atoms with E-state index in [1.807, 2.05) is 36.4 Å². The number of methoxy groups -OCH3 is 1. The Morgan fingerprint density at radius 1 is 1.12 bits per heavy atom. The smallest absolute Gasteiger partial charge is 0.226 e. The molecule has 2 aromatic carbocycles. The summed E-state index contributed by atoms with van der Waals surface area (Å²) in [6, 6.07) is 18.5. The zero-order valence-corrected chi connectivity index (χ0v) is 20.2. The molecule has 1 saturated heterocycles. The number of halogens is 1. The molecular formula is C28H30ClN3O2. The van der Waals surface area contributed by atoms with E-state index in [9.17, 15) is 0 Å². The van der Waals surface area contributed by atoms with Crippen molar-refractivity contribution in [3.63, 3.8) is 0 Å². The van der Waals surface area contributed by atoms with Gasteiger partial charge in [0.1, 0.15) is 11.5 Å². The third kappa shape index (κ3) is 5.21. The van der Waals surface area contributed by atoms with Gasteiger partial charge in [-0.1, -0.05) is 23.7 Å². The first-order valence-electron chi connectivity index (χ1n) is 11.9. The fraction of sp³-hybridized carbons (Fsp3) is 0.321. The molecule has 3 aromatic rings. The van der Waals surface area contributed by atoms with Gasteiger partial charge < -0.3 is 19.7 Å². The van der Waals surface area contributed by atoms with Gasteiger partial charge in [0.2, 0.25) is 5.88 Å². The van der Waals surface area contributed by atoms with Gasteiger partial charge in [-0.05, 0) is 73.4 Å². The summed E-state index contributed by atoms with van der Waals surface area (Å²) >= 11 is 6.00. The highest BCUT2D eigenvalue weighted by Gasteiger charge is 2.23. The van der Waals surface area contributed by atoms with E-state index in [1.54, 1.807) is 13.3 Å². The molecule has 5 nitrogen and oxygen atoms in total. The number of allylic oxidation sites excluding steroid dienone is 1. The van der Waals surface area contributed by atoms with Gasteiger partial charge in [-0.15, -0.1) is 0 Å². The number of benzene rings is 2. The summed E-state index contributed by atoms with van der Waals surface area (Å²) in [4.78, 5) is 7.06. The maximum Gasteiger partial charge on any atom is 0.226 e. The molecular weight excluding hydrogens is 446 g/mol. The highest BCUT2D eigenvalue weighted by Crippen LogP contribution is 2.41. The van der Waals surface area contributed by atoms with Crippen molar-refractivity contribution in [1.29, 1.82) is 0 Å². The molecule has 1 fully saturated rings. The lowest BCUT2D eigenvalue weighted by Crippen LogP contribution is -2.39. The van der Waals surface area contributed by atoms with E-state index < -0.39 is 0 Å². The van der Waals surface area contributed by atoms with Gasteiger partial charge in [0.25, 0.3) is 0 Å². The second kappa shape index (κ2) is 10.5. The third-order valence-electron chi connectivity index (χ3n) is 6.64. The number of aromatic nitrogens is 1. The van der Waals surface area contributed by atoms with Crippen LogP contribution in [-0.2, 0) is 6.42 Å². The van der Waals surface area contributed by atoms with Crippen molar-refractivity contribution in [3.8, 4) is 17.4 Å². The largest absolute Gasteiger partial charge is 0.496 e. The molecule has 0 saturated carbocycles. The fourth-order valence-corrected chi connectivity index (χ4v) is 4.93. The minimum Gasteiger partial charge on any atom is -0.496 e. The van der Waals surface area contributed by atoms with E-state index in [2.05, 4.69) is 39.5 Å². The molecule has 0 bridgehead atoms. The molecule has 0 atom stereocenters. The summed E-state index contributed by atoms with van der Waals surface area (Å²) in [5, 5.41) is 4.42. The van der Waals surface area contributed by atoms with Crippen LogP contribution in [0.2, 0.25) is 5.02 Å². The molecule has 0 amide bonds. The number of likely N-dealkylation sites (tertiary alicyclic amines) is 1. The second-order valence-electron chi connectivity index (χ2n) is 8.86. The number of pyridine rings is 1. The first kappa shape index (κ1) is 22.8. The zero-order chi connectivity index (χ0) is 23.3. The predicted molar refractivity (Wildman–Crippen MR) is 138 cm³/mol. The average molecular weight is 476 g/mol. The van der Waals surface area contributed by atoms with Crippen molar-refractivity contribution in [3.05, 3.63) is 83.0 Å². The highest BCUT2D eigenvalue weighted by atomic mass is 35.5. The quantitative estimate of drug-likeness (QED) is 0.444. The number of hydrogen-bond acceptors (Lipinski definition) is 5. The molecule has 1 N–H and O–H groups in total. The van der Waals surface area contributed by atoms with E-state index in [-0.39, 0.29) is 0 Å². The molecule has 0 spiro atoms. The Bertz CT molecular complexity index is 1150. The van der Waals surface area contributed by atoms with Gasteiger partial charge in [-0.3, -0.25) is 0 Å². The highest BCUT2D eigenvalue weighted by molar-refractivity contribution is 6.30. The van der Waals surface area contributed by atoms with Crippen molar-refractivity contribution in [2.75, 3.05) is 32.1 Å². The molecule has 176 valence electrons. The number of fused-ring (bicyclic) bond motifs is 2. The zero-order valence-electron chi connectivity index (χ0n) is 19.5. The van der Waals surface area contributed by atoms with Crippen LogP contribution in [0.15, 0.2) is 66.9 Å². The number of nitrogens with one attached hydrogen (secondary N) is 1. The normalized spacial score (nSPS) is 17.4. The molecule has 1 aromatic heterocycles. The van der Waals surface area contributed by atoms with Gasteiger partial charge in [-0.25, -0.2) is 4.98 Å². The van der Waals surface area contributed by atoms with Crippen LogP contribution in [0, 0.1) is 0 Å². The molecule has 2 aliphatic rings. The molecule has 34 heavy (non-hydrogen) atoms. The summed E-state index contributed by atoms with van der Waals surface area (Å²) < 4.78 is 11.8. The van der Waals surface area contributed by atoms with Gasteiger partial charge in [0.05, 0.1) is 7.11 Å². The van der Waals surface area contributed by atoms with Crippen molar-refractivity contribution in [2.45, 2.75) is 31.7 Å². The Morgan fingerprint density at radius 3 is 2.74 bits per heavy atom. The molecule has 0 aliphatic carbocycles. The number of hydrogen-bond donors (Lipinski definition) is 1. The Hall–Kier alpha value is -3.02. The standard InChI is InChI=1S/C28H30ClN3O2/c1-33-26-7-2-8-27-25(26)19-20(24-6-3-15-30-28(24)34-27)5-4-16-32-17-13-23(14-18-32)31-22-11-9-21(29)10-12-22/h2-3,5-12,15,23,31H,4,13-14,16-19H2,1H3/b20-5-. The topological polar surface area (TPSA) is 46.6 Å². The summed E-state index contributed by atoms with van der Waals surface area (Å²) in [7, 11) is 1.71. The van der Waals surface area contributed by atoms with E-state index in [4.69, 9.17) is 21.1 Å². The van der Waals surface area contributed by atoms with E-state index >= 15 is 0 Å². The van der Waals surface area contributed by atoms with Crippen molar-refractivity contribution < 1.29 is 9.47 Å². The van der Waals surface area contributed by atoms with Crippen LogP contribution in [-0.4, -0.2) is 42.7 Å². The van der Waals surface area contributed by atoms with E-state index in [1.165, 1.54) is 5.57 Å². The number of rotatable bonds is 6. The van der Waals surface area contributed by atoms with Gasteiger partial charge in [0.15, 0.2) is 0 Å². The minimum absolute atomic E-state index is 0.511.